The molecule has 0 radical (unpaired) electrons. The summed E-state index contributed by atoms with van der Waals surface area (Å²) in [6, 6.07) is 12.6. The molecule has 2 aromatic carbocycles. The fourth-order valence-corrected chi connectivity index (χ4v) is 2.25. The maximum absolute atomic E-state index is 11.7. The van der Waals surface area contributed by atoms with Crippen LogP contribution in [-0.2, 0) is 11.3 Å². The summed E-state index contributed by atoms with van der Waals surface area (Å²) in [5.74, 6) is -0.274. The third-order valence-corrected chi connectivity index (χ3v) is 3.14. The Kier molecular flexibility index (Phi) is 4.88. The van der Waals surface area contributed by atoms with Crippen LogP contribution in [0.5, 0.6) is 5.75 Å². The molecular formula is C15H12Cl2O3. The second kappa shape index (κ2) is 6.64. The summed E-state index contributed by atoms with van der Waals surface area (Å²) in [5, 5.41) is 0.622. The van der Waals surface area contributed by atoms with E-state index in [9.17, 15) is 4.79 Å². The molecule has 2 aromatic rings. The average molecular weight is 311 g/mol. The maximum atomic E-state index is 11.7. The highest BCUT2D eigenvalue weighted by Crippen LogP contribution is 2.33. The van der Waals surface area contributed by atoms with Crippen molar-refractivity contribution in [3.8, 4) is 5.75 Å². The lowest BCUT2D eigenvalue weighted by Crippen LogP contribution is -2.06. The lowest BCUT2D eigenvalue weighted by atomic mass is 10.2. The number of hydrogen-bond acceptors (Lipinski definition) is 3. The molecule has 0 fully saturated rings. The smallest absolute Gasteiger partial charge is 0.341 e. The van der Waals surface area contributed by atoms with E-state index in [1.54, 1.807) is 0 Å². The lowest BCUT2D eigenvalue weighted by Gasteiger charge is -2.12. The van der Waals surface area contributed by atoms with Crippen LogP contribution in [0.3, 0.4) is 0 Å². The second-order valence-corrected chi connectivity index (χ2v) is 4.87. The van der Waals surface area contributed by atoms with Crippen molar-refractivity contribution < 1.29 is 14.3 Å². The minimum atomic E-state index is -0.544. The average Bonchev–Trinajstić information content (AvgIpc) is 2.46. The van der Waals surface area contributed by atoms with Gasteiger partial charge in [-0.2, -0.15) is 0 Å². The summed E-state index contributed by atoms with van der Waals surface area (Å²) >= 11 is 12.0. The zero-order valence-corrected chi connectivity index (χ0v) is 12.2. The van der Waals surface area contributed by atoms with Gasteiger partial charge in [0.15, 0.2) is 5.75 Å². The molecule has 104 valence electrons. The number of carbonyl (C=O) groups excluding carboxylic acids is 1. The van der Waals surface area contributed by atoms with E-state index >= 15 is 0 Å². The van der Waals surface area contributed by atoms with Gasteiger partial charge < -0.3 is 9.47 Å². The Bertz CT molecular complexity index is 612. The third-order valence-electron chi connectivity index (χ3n) is 2.64. The van der Waals surface area contributed by atoms with Crippen molar-refractivity contribution in [3.63, 3.8) is 0 Å². The Balaban J connectivity index is 2.28. The SMILES string of the molecule is COC(=O)c1cc(Cl)cc(Cl)c1OCc1ccccc1. The van der Waals surface area contributed by atoms with Crippen LogP contribution in [0.25, 0.3) is 0 Å². The quantitative estimate of drug-likeness (QED) is 0.787. The molecule has 0 amide bonds. The van der Waals surface area contributed by atoms with Crippen molar-refractivity contribution in [2.24, 2.45) is 0 Å². The van der Waals surface area contributed by atoms with Gasteiger partial charge in [0, 0.05) is 5.02 Å². The van der Waals surface area contributed by atoms with Gasteiger partial charge in [0.25, 0.3) is 0 Å². The molecule has 0 N–H and O–H groups in total. The van der Waals surface area contributed by atoms with Crippen molar-refractivity contribution in [2.45, 2.75) is 6.61 Å². The molecule has 0 aromatic heterocycles. The number of rotatable bonds is 4. The molecule has 0 saturated heterocycles. The van der Waals surface area contributed by atoms with E-state index in [1.165, 1.54) is 19.2 Å². The second-order valence-electron chi connectivity index (χ2n) is 4.03. The first-order valence-electron chi connectivity index (χ1n) is 5.86. The van der Waals surface area contributed by atoms with Crippen LogP contribution in [-0.4, -0.2) is 13.1 Å². The van der Waals surface area contributed by atoms with E-state index in [-0.39, 0.29) is 16.3 Å². The van der Waals surface area contributed by atoms with Gasteiger partial charge in [-0.15, -0.1) is 0 Å². The molecule has 0 bridgehead atoms. The molecule has 0 aliphatic heterocycles. The van der Waals surface area contributed by atoms with Crippen molar-refractivity contribution in [2.75, 3.05) is 7.11 Å². The first-order valence-corrected chi connectivity index (χ1v) is 6.61. The molecule has 0 aliphatic rings. The van der Waals surface area contributed by atoms with Gasteiger partial charge in [-0.05, 0) is 17.7 Å². The standard InChI is InChI=1S/C15H12Cl2O3/c1-19-15(18)12-7-11(16)8-13(17)14(12)20-9-10-5-3-2-4-6-10/h2-8H,9H2,1H3. The van der Waals surface area contributed by atoms with E-state index in [0.717, 1.165) is 5.56 Å². The molecule has 0 spiro atoms. The van der Waals surface area contributed by atoms with E-state index < -0.39 is 5.97 Å². The Hall–Kier alpha value is -1.71. The van der Waals surface area contributed by atoms with Crippen LogP contribution in [0.4, 0.5) is 0 Å². The Morgan fingerprint density at radius 3 is 2.50 bits per heavy atom. The third kappa shape index (κ3) is 3.44. The monoisotopic (exact) mass is 310 g/mol. The van der Waals surface area contributed by atoms with Crippen molar-refractivity contribution in [3.05, 3.63) is 63.6 Å². The Morgan fingerprint density at radius 1 is 1.15 bits per heavy atom. The van der Waals surface area contributed by atoms with E-state index in [0.29, 0.717) is 11.6 Å². The molecule has 0 saturated carbocycles. The molecule has 3 nitrogen and oxygen atoms in total. The number of methoxy groups -OCH3 is 1. The molecule has 5 heteroatoms. The van der Waals surface area contributed by atoms with E-state index in [4.69, 9.17) is 32.7 Å². The minimum absolute atomic E-state index is 0.209. The zero-order chi connectivity index (χ0) is 14.5. The van der Waals surface area contributed by atoms with E-state index in [1.807, 2.05) is 30.3 Å². The van der Waals surface area contributed by atoms with Crippen LogP contribution in [0.15, 0.2) is 42.5 Å². The lowest BCUT2D eigenvalue weighted by molar-refractivity contribution is 0.0595. The summed E-state index contributed by atoms with van der Waals surface area (Å²) in [6.45, 7) is 0.298. The van der Waals surface area contributed by atoms with Gasteiger partial charge in [-0.1, -0.05) is 53.5 Å². The largest absolute Gasteiger partial charge is 0.486 e. The highest BCUT2D eigenvalue weighted by atomic mass is 35.5. The van der Waals surface area contributed by atoms with Gasteiger partial charge in [0.2, 0.25) is 0 Å². The number of carbonyl (C=O) groups is 1. The number of esters is 1. The number of benzene rings is 2. The summed E-state index contributed by atoms with van der Waals surface area (Å²) in [6.07, 6.45) is 0. The van der Waals surface area contributed by atoms with Gasteiger partial charge in [0.05, 0.1) is 12.1 Å². The van der Waals surface area contributed by atoms with Crippen LogP contribution in [0.2, 0.25) is 10.0 Å². The Labute approximate surface area is 127 Å². The number of halogens is 2. The van der Waals surface area contributed by atoms with Gasteiger partial charge in [0.1, 0.15) is 12.2 Å². The summed E-state index contributed by atoms with van der Waals surface area (Å²) in [5.41, 5.74) is 1.18. The van der Waals surface area contributed by atoms with Crippen LogP contribution >= 0.6 is 23.2 Å². The zero-order valence-electron chi connectivity index (χ0n) is 10.7. The first-order chi connectivity index (χ1) is 9.61. The van der Waals surface area contributed by atoms with Crippen LogP contribution in [0.1, 0.15) is 15.9 Å². The molecule has 0 heterocycles. The predicted octanol–water partition coefficient (Wildman–Crippen LogP) is 4.36. The summed E-state index contributed by atoms with van der Waals surface area (Å²) < 4.78 is 10.3. The fourth-order valence-electron chi connectivity index (χ4n) is 1.70. The fraction of sp³-hybridized carbons (Fsp3) is 0.133. The number of ether oxygens (including phenoxy) is 2. The van der Waals surface area contributed by atoms with Crippen LogP contribution < -0.4 is 4.74 Å². The first kappa shape index (κ1) is 14.7. The molecule has 0 unspecified atom stereocenters. The molecule has 0 aliphatic carbocycles. The maximum Gasteiger partial charge on any atom is 0.341 e. The molecule has 20 heavy (non-hydrogen) atoms. The number of hydrogen-bond donors (Lipinski definition) is 0. The Morgan fingerprint density at radius 2 is 1.85 bits per heavy atom. The normalized spacial score (nSPS) is 10.2. The summed E-state index contributed by atoms with van der Waals surface area (Å²) in [4.78, 5) is 11.7. The van der Waals surface area contributed by atoms with Gasteiger partial charge in [-0.25, -0.2) is 4.79 Å². The van der Waals surface area contributed by atoms with Crippen molar-refractivity contribution in [1.82, 2.24) is 0 Å². The van der Waals surface area contributed by atoms with Crippen molar-refractivity contribution >= 4 is 29.2 Å². The minimum Gasteiger partial charge on any atom is -0.486 e. The van der Waals surface area contributed by atoms with Gasteiger partial charge >= 0.3 is 5.97 Å². The van der Waals surface area contributed by atoms with Crippen LogP contribution in [0, 0.1) is 0 Å². The van der Waals surface area contributed by atoms with Crippen molar-refractivity contribution in [1.29, 1.82) is 0 Å². The highest BCUT2D eigenvalue weighted by Gasteiger charge is 2.18. The molecule has 2 rings (SSSR count). The molecule has 0 atom stereocenters. The molecular weight excluding hydrogens is 299 g/mol. The van der Waals surface area contributed by atoms with Gasteiger partial charge in [-0.3, -0.25) is 0 Å². The highest BCUT2D eigenvalue weighted by molar-refractivity contribution is 6.36. The summed E-state index contributed by atoms with van der Waals surface area (Å²) in [7, 11) is 1.29. The topological polar surface area (TPSA) is 35.5 Å². The van der Waals surface area contributed by atoms with E-state index in [2.05, 4.69) is 0 Å². The predicted molar refractivity (Wildman–Crippen MR) is 78.6 cm³/mol.